The van der Waals surface area contributed by atoms with E-state index in [1.807, 2.05) is 12.1 Å². The maximum absolute atomic E-state index is 11.6. The Hall–Kier alpha value is -2.58. The molecule has 0 aliphatic heterocycles. The molecule has 9 heteroatoms. The van der Waals surface area contributed by atoms with Crippen molar-refractivity contribution in [2.45, 2.75) is 42.2 Å². The predicted molar refractivity (Wildman–Crippen MR) is 115 cm³/mol. The predicted octanol–water partition coefficient (Wildman–Crippen LogP) is 6.73. The molecule has 1 N–H and O–H groups in total. The molecule has 7 nitrogen and oxygen atoms in total. The van der Waals surface area contributed by atoms with Crippen LogP contribution in [-0.4, -0.2) is 20.1 Å². The molecule has 0 saturated heterocycles. The van der Waals surface area contributed by atoms with Gasteiger partial charge in [-0.05, 0) is 30.5 Å². The minimum Gasteiger partial charge on any atom is -0.348 e. The SMILES string of the molecule is O=[N+]([O-])c1cc([N+](=O)[O-])c2[nH]c(-c3ccc(Cl)cc3)c(SC3CCCCC3)c2c1. The number of hydrogen-bond donors (Lipinski definition) is 1. The van der Waals surface area contributed by atoms with E-state index in [1.165, 1.54) is 12.5 Å². The number of halogens is 1. The summed E-state index contributed by atoms with van der Waals surface area (Å²) in [7, 11) is 0. The average molecular weight is 432 g/mol. The molecule has 150 valence electrons. The van der Waals surface area contributed by atoms with Crippen LogP contribution in [0.1, 0.15) is 32.1 Å². The number of H-pyrrole nitrogens is 1. The molecule has 1 saturated carbocycles. The first-order valence-electron chi connectivity index (χ1n) is 9.35. The van der Waals surface area contributed by atoms with Crippen molar-refractivity contribution in [1.82, 2.24) is 4.98 Å². The number of fused-ring (bicyclic) bond motifs is 1. The highest BCUT2D eigenvalue weighted by Crippen LogP contribution is 2.46. The van der Waals surface area contributed by atoms with Crippen molar-refractivity contribution in [3.8, 4) is 11.3 Å². The molecule has 0 radical (unpaired) electrons. The number of benzene rings is 2. The molecule has 0 bridgehead atoms. The van der Waals surface area contributed by atoms with Crippen molar-refractivity contribution in [2.75, 3.05) is 0 Å². The fraction of sp³-hybridized carbons (Fsp3) is 0.300. The van der Waals surface area contributed by atoms with Crippen LogP contribution in [0.4, 0.5) is 11.4 Å². The summed E-state index contributed by atoms with van der Waals surface area (Å²) < 4.78 is 0. The molecule has 1 heterocycles. The third-order valence-corrected chi connectivity index (χ3v) is 6.92. The normalized spacial score (nSPS) is 14.9. The molecule has 0 unspecified atom stereocenters. The molecular formula is C20H18ClN3O4S. The molecule has 0 spiro atoms. The minimum atomic E-state index is -0.587. The largest absolute Gasteiger partial charge is 0.348 e. The molecule has 1 aliphatic rings. The third kappa shape index (κ3) is 3.95. The topological polar surface area (TPSA) is 102 Å². The van der Waals surface area contributed by atoms with Crippen LogP contribution in [-0.2, 0) is 0 Å². The Labute approximate surface area is 175 Å². The number of aromatic nitrogens is 1. The molecule has 1 aliphatic carbocycles. The van der Waals surface area contributed by atoms with E-state index < -0.39 is 9.85 Å². The van der Waals surface area contributed by atoms with Crippen molar-refractivity contribution >= 4 is 45.6 Å². The fourth-order valence-electron chi connectivity index (χ4n) is 3.78. The van der Waals surface area contributed by atoms with Crippen LogP contribution in [0.2, 0.25) is 5.02 Å². The second-order valence-electron chi connectivity index (χ2n) is 7.12. The first-order chi connectivity index (χ1) is 13.9. The first-order valence-corrected chi connectivity index (χ1v) is 10.6. The molecule has 0 atom stereocenters. The molecule has 2 aromatic carbocycles. The summed E-state index contributed by atoms with van der Waals surface area (Å²) in [5, 5.41) is 24.5. The molecule has 4 rings (SSSR count). The van der Waals surface area contributed by atoms with Crippen molar-refractivity contribution < 1.29 is 9.85 Å². The highest BCUT2D eigenvalue weighted by molar-refractivity contribution is 8.00. The maximum atomic E-state index is 11.6. The smallest absolute Gasteiger partial charge is 0.300 e. The molecular weight excluding hydrogens is 414 g/mol. The number of nitrogens with one attached hydrogen (secondary N) is 1. The second-order valence-corrected chi connectivity index (χ2v) is 8.86. The van der Waals surface area contributed by atoms with Gasteiger partial charge in [0.2, 0.25) is 0 Å². The lowest BCUT2D eigenvalue weighted by Gasteiger charge is -2.21. The summed E-state index contributed by atoms with van der Waals surface area (Å²) in [6.45, 7) is 0. The molecule has 3 aromatic rings. The standard InChI is InChI=1S/C20H18ClN3O4S/c21-13-8-6-12(7-9-13)18-20(29-15-4-2-1-3-5-15)16-10-14(23(25)26)11-17(24(27)28)19(16)22-18/h6-11,15,22H,1-5H2. The highest BCUT2D eigenvalue weighted by atomic mass is 35.5. The van der Waals surface area contributed by atoms with E-state index in [9.17, 15) is 20.2 Å². The van der Waals surface area contributed by atoms with E-state index in [-0.39, 0.29) is 11.4 Å². The van der Waals surface area contributed by atoms with E-state index in [0.717, 1.165) is 47.9 Å². The van der Waals surface area contributed by atoms with E-state index in [1.54, 1.807) is 23.9 Å². The minimum absolute atomic E-state index is 0.281. The zero-order valence-electron chi connectivity index (χ0n) is 15.4. The fourth-order valence-corrected chi connectivity index (χ4v) is 5.38. The molecule has 0 amide bonds. The number of nitro benzene ring substituents is 2. The van der Waals surface area contributed by atoms with Gasteiger partial charge in [0.05, 0.1) is 21.6 Å². The Kier molecular flexibility index (Phi) is 5.47. The van der Waals surface area contributed by atoms with Crippen molar-refractivity contribution in [1.29, 1.82) is 0 Å². The van der Waals surface area contributed by atoms with Crippen molar-refractivity contribution in [2.24, 2.45) is 0 Å². The summed E-state index contributed by atoms with van der Waals surface area (Å²) in [6.07, 6.45) is 5.64. The van der Waals surface area contributed by atoms with E-state index in [4.69, 9.17) is 11.6 Å². The Balaban J connectivity index is 1.95. The lowest BCUT2D eigenvalue weighted by Crippen LogP contribution is -2.07. The molecule has 29 heavy (non-hydrogen) atoms. The monoisotopic (exact) mass is 431 g/mol. The van der Waals surface area contributed by atoms with Gasteiger partial charge in [-0.15, -0.1) is 11.8 Å². The van der Waals surface area contributed by atoms with Crippen LogP contribution < -0.4 is 0 Å². The number of nitrogens with zero attached hydrogens (tertiary/aromatic N) is 2. The quantitative estimate of drug-likeness (QED) is 0.356. The highest BCUT2D eigenvalue weighted by Gasteiger charge is 2.27. The number of thioether (sulfide) groups is 1. The Morgan fingerprint density at radius 3 is 2.31 bits per heavy atom. The zero-order chi connectivity index (χ0) is 20.5. The van der Waals surface area contributed by atoms with Gasteiger partial charge in [-0.25, -0.2) is 0 Å². The van der Waals surface area contributed by atoms with E-state index >= 15 is 0 Å². The number of nitro groups is 2. The number of rotatable bonds is 5. The average Bonchev–Trinajstić information content (AvgIpc) is 3.06. The Morgan fingerprint density at radius 2 is 1.69 bits per heavy atom. The van der Waals surface area contributed by atoms with Crippen LogP contribution in [0.5, 0.6) is 0 Å². The molecule has 1 aromatic heterocycles. The van der Waals surface area contributed by atoms with Crippen LogP contribution >= 0.6 is 23.4 Å². The Morgan fingerprint density at radius 1 is 1.00 bits per heavy atom. The summed E-state index contributed by atoms with van der Waals surface area (Å²) in [5.41, 5.74) is 1.30. The van der Waals surface area contributed by atoms with Crippen LogP contribution in [0.25, 0.3) is 22.2 Å². The zero-order valence-corrected chi connectivity index (χ0v) is 17.0. The van der Waals surface area contributed by atoms with E-state index in [2.05, 4.69) is 4.98 Å². The number of non-ortho nitro benzene ring substituents is 2. The van der Waals surface area contributed by atoms with Gasteiger partial charge in [0.1, 0.15) is 5.52 Å². The van der Waals surface area contributed by atoms with Crippen LogP contribution in [0, 0.1) is 20.2 Å². The van der Waals surface area contributed by atoms with Gasteiger partial charge >= 0.3 is 0 Å². The van der Waals surface area contributed by atoms with Gasteiger partial charge in [0.25, 0.3) is 11.4 Å². The summed E-state index contributed by atoms with van der Waals surface area (Å²) in [5.74, 6) is 0. The first kappa shape index (κ1) is 19.7. The van der Waals surface area contributed by atoms with Crippen LogP contribution in [0.3, 0.4) is 0 Å². The van der Waals surface area contributed by atoms with E-state index in [0.29, 0.717) is 21.2 Å². The van der Waals surface area contributed by atoms with Crippen molar-refractivity contribution in [3.63, 3.8) is 0 Å². The van der Waals surface area contributed by atoms with Gasteiger partial charge in [-0.3, -0.25) is 20.2 Å². The maximum Gasteiger partial charge on any atom is 0.300 e. The Bertz CT molecular complexity index is 1090. The number of aromatic amines is 1. The van der Waals surface area contributed by atoms with Gasteiger partial charge < -0.3 is 4.98 Å². The van der Waals surface area contributed by atoms with Gasteiger partial charge in [-0.2, -0.15) is 0 Å². The second kappa shape index (κ2) is 8.04. The lowest BCUT2D eigenvalue weighted by molar-refractivity contribution is -0.393. The van der Waals surface area contributed by atoms with Gasteiger partial charge in [0, 0.05) is 26.6 Å². The van der Waals surface area contributed by atoms with Crippen LogP contribution in [0.15, 0.2) is 41.3 Å². The summed E-state index contributed by atoms with van der Waals surface area (Å²) >= 11 is 7.67. The number of hydrogen-bond acceptors (Lipinski definition) is 5. The van der Waals surface area contributed by atoms with Gasteiger partial charge in [-0.1, -0.05) is 43.0 Å². The molecule has 1 fully saturated rings. The van der Waals surface area contributed by atoms with Gasteiger partial charge in [0.15, 0.2) is 0 Å². The third-order valence-electron chi connectivity index (χ3n) is 5.20. The summed E-state index contributed by atoms with van der Waals surface area (Å²) in [6, 6.07) is 9.65. The summed E-state index contributed by atoms with van der Waals surface area (Å²) in [4.78, 5) is 25.8. The lowest BCUT2D eigenvalue weighted by atomic mass is 10.0. The van der Waals surface area contributed by atoms with Crippen molar-refractivity contribution in [3.05, 3.63) is 61.6 Å².